The molecule has 29 heavy (non-hydrogen) atoms. The minimum absolute atomic E-state index is 0.0197. The molecule has 0 aliphatic carbocycles. The number of rotatable bonds is 6. The van der Waals surface area contributed by atoms with Gasteiger partial charge >= 0.3 is 0 Å². The van der Waals surface area contributed by atoms with Crippen molar-refractivity contribution < 1.29 is 19.1 Å². The number of hydrogen-bond acceptors (Lipinski definition) is 5. The van der Waals surface area contributed by atoms with Gasteiger partial charge in [0.1, 0.15) is 0 Å². The number of imidazole rings is 1. The molecular formula is C21H22N4O4. The summed E-state index contributed by atoms with van der Waals surface area (Å²) < 4.78 is 12.3. The van der Waals surface area contributed by atoms with Gasteiger partial charge in [-0.25, -0.2) is 4.98 Å². The second-order valence-corrected chi connectivity index (χ2v) is 6.89. The Labute approximate surface area is 167 Å². The molecule has 0 saturated heterocycles. The number of carbonyl (C=O) groups is 2. The quantitative estimate of drug-likeness (QED) is 0.670. The van der Waals surface area contributed by atoms with Gasteiger partial charge in [-0.3, -0.25) is 14.0 Å². The second-order valence-electron chi connectivity index (χ2n) is 6.89. The monoisotopic (exact) mass is 394 g/mol. The Balaban J connectivity index is 1.55. The number of nitrogens with zero attached hydrogens (tertiary/aromatic N) is 2. The van der Waals surface area contributed by atoms with E-state index in [-0.39, 0.29) is 36.2 Å². The van der Waals surface area contributed by atoms with E-state index in [9.17, 15) is 9.59 Å². The summed E-state index contributed by atoms with van der Waals surface area (Å²) >= 11 is 0. The van der Waals surface area contributed by atoms with Crippen molar-refractivity contribution in [3.05, 3.63) is 59.7 Å². The maximum Gasteiger partial charge on any atom is 0.287 e. The molecule has 0 spiro atoms. The molecule has 1 aliphatic rings. The van der Waals surface area contributed by atoms with E-state index >= 15 is 0 Å². The van der Waals surface area contributed by atoms with Crippen LogP contribution >= 0.6 is 0 Å². The van der Waals surface area contributed by atoms with Gasteiger partial charge in [0.25, 0.3) is 11.8 Å². The lowest BCUT2D eigenvalue weighted by Crippen LogP contribution is -2.32. The predicted octanol–water partition coefficient (Wildman–Crippen LogP) is 2.52. The topological polar surface area (TPSA) is 94.0 Å². The molecule has 2 N–H and O–H groups in total. The molecule has 3 heterocycles. The van der Waals surface area contributed by atoms with Crippen LogP contribution in [0.15, 0.2) is 42.6 Å². The number of amides is 2. The molecule has 1 unspecified atom stereocenters. The molecule has 150 valence electrons. The summed E-state index contributed by atoms with van der Waals surface area (Å²) in [4.78, 5) is 29.7. The molecule has 8 heteroatoms. The Hall–Kier alpha value is -3.55. The maximum atomic E-state index is 12.8. The Morgan fingerprint density at radius 1 is 1.17 bits per heavy atom. The zero-order valence-corrected chi connectivity index (χ0v) is 16.3. The van der Waals surface area contributed by atoms with E-state index < -0.39 is 0 Å². The highest BCUT2D eigenvalue weighted by Gasteiger charge is 2.22. The van der Waals surface area contributed by atoms with E-state index in [4.69, 9.17) is 9.47 Å². The number of hydrogen-bond donors (Lipinski definition) is 2. The molecule has 1 aromatic carbocycles. The van der Waals surface area contributed by atoms with Crippen LogP contribution in [0.1, 0.15) is 46.9 Å². The van der Waals surface area contributed by atoms with Crippen molar-refractivity contribution in [2.45, 2.75) is 32.9 Å². The smallest absolute Gasteiger partial charge is 0.287 e. The standard InChI is InChI=1S/C21H22N4O4/c1-3-13(2)23-20(26)18-15-6-4-5-9-25(15)19(24-18)21(27)22-11-14-7-8-16-17(10-14)29-12-28-16/h4-10,13H,3,11-12H2,1-2H3,(H,22,27)(H,23,26). The zero-order valence-electron chi connectivity index (χ0n) is 16.3. The minimum atomic E-state index is -0.369. The lowest BCUT2D eigenvalue weighted by Gasteiger charge is -2.09. The first-order valence-electron chi connectivity index (χ1n) is 9.51. The van der Waals surface area contributed by atoms with Crippen molar-refractivity contribution in [1.29, 1.82) is 0 Å². The van der Waals surface area contributed by atoms with Crippen LogP contribution in [0.25, 0.3) is 5.52 Å². The average molecular weight is 394 g/mol. The van der Waals surface area contributed by atoms with Crippen molar-refractivity contribution in [3.63, 3.8) is 0 Å². The fraction of sp³-hybridized carbons (Fsp3) is 0.286. The molecule has 0 fully saturated rings. The van der Waals surface area contributed by atoms with Crippen molar-refractivity contribution in [2.24, 2.45) is 0 Å². The van der Waals surface area contributed by atoms with Crippen LogP contribution in [0, 0.1) is 0 Å². The van der Waals surface area contributed by atoms with Crippen molar-refractivity contribution in [2.75, 3.05) is 6.79 Å². The van der Waals surface area contributed by atoms with E-state index in [1.165, 1.54) is 0 Å². The van der Waals surface area contributed by atoms with Crippen LogP contribution in [-0.2, 0) is 6.54 Å². The van der Waals surface area contributed by atoms with Gasteiger partial charge < -0.3 is 20.1 Å². The number of aromatic nitrogens is 2. The third-order valence-electron chi connectivity index (χ3n) is 4.85. The Bertz CT molecular complexity index is 1080. The summed E-state index contributed by atoms with van der Waals surface area (Å²) in [6.07, 6.45) is 2.53. The molecular weight excluding hydrogens is 372 g/mol. The highest BCUT2D eigenvalue weighted by atomic mass is 16.7. The third kappa shape index (κ3) is 3.73. The van der Waals surface area contributed by atoms with Gasteiger partial charge in [0.15, 0.2) is 17.2 Å². The van der Waals surface area contributed by atoms with Gasteiger partial charge in [-0.2, -0.15) is 0 Å². The summed E-state index contributed by atoms with van der Waals surface area (Å²) in [7, 11) is 0. The van der Waals surface area contributed by atoms with Gasteiger partial charge in [-0.1, -0.05) is 19.1 Å². The number of fused-ring (bicyclic) bond motifs is 2. The molecule has 8 nitrogen and oxygen atoms in total. The molecule has 4 rings (SSSR count). The maximum absolute atomic E-state index is 12.8. The Kier molecular flexibility index (Phi) is 5.07. The Morgan fingerprint density at radius 2 is 2.00 bits per heavy atom. The summed E-state index contributed by atoms with van der Waals surface area (Å²) in [5.41, 5.74) is 1.69. The molecule has 1 aliphatic heterocycles. The fourth-order valence-corrected chi connectivity index (χ4v) is 3.07. The van der Waals surface area contributed by atoms with Gasteiger partial charge in [-0.05, 0) is 43.2 Å². The van der Waals surface area contributed by atoms with Crippen molar-refractivity contribution in [3.8, 4) is 11.5 Å². The molecule has 2 amide bonds. The summed E-state index contributed by atoms with van der Waals surface area (Å²) in [6, 6.07) is 10.9. The molecule has 2 aromatic heterocycles. The number of pyridine rings is 1. The van der Waals surface area contributed by atoms with E-state index in [1.807, 2.05) is 38.1 Å². The molecule has 0 saturated carbocycles. The fourth-order valence-electron chi connectivity index (χ4n) is 3.07. The number of ether oxygens (including phenoxy) is 2. The first kappa shape index (κ1) is 18.8. The number of nitrogens with one attached hydrogen (secondary N) is 2. The van der Waals surface area contributed by atoms with Crippen LogP contribution in [-0.4, -0.2) is 34.0 Å². The van der Waals surface area contributed by atoms with Crippen LogP contribution in [0.3, 0.4) is 0 Å². The van der Waals surface area contributed by atoms with Gasteiger partial charge in [-0.15, -0.1) is 0 Å². The minimum Gasteiger partial charge on any atom is -0.454 e. The highest BCUT2D eigenvalue weighted by Crippen LogP contribution is 2.32. The van der Waals surface area contributed by atoms with E-state index in [1.54, 1.807) is 22.7 Å². The van der Waals surface area contributed by atoms with Crippen molar-refractivity contribution >= 4 is 17.3 Å². The second kappa shape index (κ2) is 7.83. The van der Waals surface area contributed by atoms with E-state index in [2.05, 4.69) is 15.6 Å². The van der Waals surface area contributed by atoms with Crippen LogP contribution < -0.4 is 20.1 Å². The lowest BCUT2D eigenvalue weighted by atomic mass is 10.2. The van der Waals surface area contributed by atoms with Gasteiger partial charge in [0, 0.05) is 18.8 Å². The predicted molar refractivity (Wildman–Crippen MR) is 106 cm³/mol. The molecule has 0 radical (unpaired) electrons. The first-order chi connectivity index (χ1) is 14.1. The molecule has 1 atom stereocenters. The van der Waals surface area contributed by atoms with E-state index in [0.29, 0.717) is 23.6 Å². The summed E-state index contributed by atoms with van der Waals surface area (Å²) in [5.74, 6) is 0.850. The van der Waals surface area contributed by atoms with Crippen LogP contribution in [0.2, 0.25) is 0 Å². The summed E-state index contributed by atoms with van der Waals surface area (Å²) in [5, 5.41) is 5.75. The SMILES string of the molecule is CCC(C)NC(=O)c1nc(C(=O)NCc2ccc3c(c2)OCO3)n2ccccc12. The number of benzene rings is 1. The van der Waals surface area contributed by atoms with Crippen molar-refractivity contribution in [1.82, 2.24) is 20.0 Å². The average Bonchev–Trinajstić information content (AvgIpc) is 3.36. The first-order valence-corrected chi connectivity index (χ1v) is 9.51. The third-order valence-corrected chi connectivity index (χ3v) is 4.85. The lowest BCUT2D eigenvalue weighted by molar-refractivity contribution is 0.0936. The summed E-state index contributed by atoms with van der Waals surface area (Å²) in [6.45, 7) is 4.42. The highest BCUT2D eigenvalue weighted by molar-refractivity contribution is 6.02. The van der Waals surface area contributed by atoms with Gasteiger partial charge in [0.2, 0.25) is 12.6 Å². The van der Waals surface area contributed by atoms with E-state index in [0.717, 1.165) is 12.0 Å². The molecule has 3 aromatic rings. The largest absolute Gasteiger partial charge is 0.454 e. The normalized spacial score (nSPS) is 13.3. The van der Waals surface area contributed by atoms with Crippen LogP contribution in [0.5, 0.6) is 11.5 Å². The number of carbonyl (C=O) groups excluding carboxylic acids is 2. The zero-order chi connectivity index (χ0) is 20.4. The van der Waals surface area contributed by atoms with Crippen LogP contribution in [0.4, 0.5) is 0 Å². The molecule has 0 bridgehead atoms. The Morgan fingerprint density at radius 3 is 2.83 bits per heavy atom. The van der Waals surface area contributed by atoms with Gasteiger partial charge in [0.05, 0.1) is 5.52 Å².